The topological polar surface area (TPSA) is 146 Å². The van der Waals surface area contributed by atoms with E-state index in [-0.39, 0.29) is 0 Å². The van der Waals surface area contributed by atoms with Gasteiger partial charge < -0.3 is 65.2 Å². The lowest BCUT2D eigenvalue weighted by atomic mass is 9.54. The number of fused-ring (bicyclic) bond motifs is 2. The van der Waals surface area contributed by atoms with Crippen LogP contribution in [0.5, 0.6) is 63.2 Å². The van der Waals surface area contributed by atoms with Crippen molar-refractivity contribution in [1.82, 2.24) is 0 Å². The van der Waals surface area contributed by atoms with Crippen LogP contribution in [-0.2, 0) is 38.7 Å². The molecular formula is C67H15B5F48O15. The summed E-state index contributed by atoms with van der Waals surface area (Å²) in [5, 5.41) is 0. The van der Waals surface area contributed by atoms with Crippen LogP contribution in [0.4, 0.5) is 211 Å². The molecule has 2 heterocycles. The quantitative estimate of drug-likeness (QED) is 0.0231. The number of carbonyl (C=O) groups excluding carboxylic acids is 1. The van der Waals surface area contributed by atoms with Crippen molar-refractivity contribution in [2.45, 2.75) is 73.8 Å². The summed E-state index contributed by atoms with van der Waals surface area (Å²) in [5.74, 6) is -112. The Balaban J connectivity index is 1.27. The number of alkyl halides is 24. The van der Waals surface area contributed by atoms with E-state index in [1.54, 1.807) is 0 Å². The third kappa shape index (κ3) is 20.8. The predicted molar refractivity (Wildman–Crippen MR) is 338 cm³/mol. The first-order valence-electron chi connectivity index (χ1n) is 33.8. The van der Waals surface area contributed by atoms with Gasteiger partial charge in [-0.3, -0.25) is 4.79 Å². The summed E-state index contributed by atoms with van der Waals surface area (Å²) in [4.78, 5) is 16.0. The van der Waals surface area contributed by atoms with E-state index in [2.05, 4.69) is 32.6 Å². The van der Waals surface area contributed by atoms with E-state index in [4.69, 9.17) is 32.7 Å². The van der Waals surface area contributed by atoms with E-state index in [1.165, 1.54) is 0 Å². The van der Waals surface area contributed by atoms with Crippen LogP contribution in [0.25, 0.3) is 0 Å². The van der Waals surface area contributed by atoms with Crippen LogP contribution in [0, 0.1) is 140 Å². The fraction of sp³-hybridized carbons (Fsp3) is 0.179. The predicted octanol–water partition coefficient (Wildman–Crippen LogP) is 20.9. The minimum atomic E-state index is -7.43. The fourth-order valence-corrected chi connectivity index (χ4v) is 11.4. The Labute approximate surface area is 709 Å². The highest BCUT2D eigenvalue weighted by atomic mass is 19.4. The zero-order valence-corrected chi connectivity index (χ0v) is 61.8. The number of benzene rings is 9. The van der Waals surface area contributed by atoms with Gasteiger partial charge in [0.1, 0.15) is 45.8 Å². The van der Waals surface area contributed by atoms with Crippen LogP contribution in [0.1, 0.15) is 44.3 Å². The van der Waals surface area contributed by atoms with Crippen molar-refractivity contribution in [2.75, 3.05) is 0 Å². The van der Waals surface area contributed by atoms with E-state index in [9.17, 15) is 149 Å². The second kappa shape index (κ2) is 36.5. The first-order chi connectivity index (χ1) is 61.8. The molecule has 11 rings (SSSR count). The van der Waals surface area contributed by atoms with Gasteiger partial charge in [0.05, 0.1) is 22.3 Å². The minimum Gasteiger partial charge on any atom is -0.550 e. The third-order valence-corrected chi connectivity index (χ3v) is 17.2. The number of carbonyl (C=O) groups is 1. The van der Waals surface area contributed by atoms with Crippen molar-refractivity contribution in [1.29, 1.82) is 0 Å². The van der Waals surface area contributed by atoms with Gasteiger partial charge in [-0.25, -0.2) is 79.0 Å². The Morgan fingerprint density at radius 1 is 0.296 bits per heavy atom. The van der Waals surface area contributed by atoms with Crippen molar-refractivity contribution < 1.29 is 281 Å². The number of ether oxygens (including phenoxy) is 1. The summed E-state index contributed by atoms with van der Waals surface area (Å²) in [5.41, 5.74) is -22.0. The van der Waals surface area contributed by atoms with Crippen molar-refractivity contribution in [3.8, 4) is 63.2 Å². The molecule has 0 saturated carbocycles. The molecule has 15 nitrogen and oxygen atoms in total. The summed E-state index contributed by atoms with van der Waals surface area (Å²) < 4.78 is 780. The maximum Gasteiger partial charge on any atom is 0.864 e. The minimum absolute atomic E-state index is 0.477. The SMILES string of the molecule is O=C1c2c(OB(c3c(F)c(F)c(F)c(F)c3F)c3c(F)c(F)c(F)c(F)c3F)cc(OB(Oc3cc(C(F)(F)F)cc(C(F)(F)F)c3)Oc3cc(C(F)(F)F)cc(C(F)(F)F)c3)cc2OC(c2ccc(OB(Oc3c(F)c(F)c(F)c(F)c3F)Oc3c(F)c(F)c(F)c(F)c3F)cc2OB(OC(C(F)(F)F)C(F)(F)F)OC(C(F)(F)F)C(F)(F)F)C1OB1Oc2c(F)c(F)c(F)c(F)c2O1. The average Bonchev–Trinajstić information content (AvgIpc) is 1.05. The number of hydrogen-bond donors (Lipinski definition) is 0. The summed E-state index contributed by atoms with van der Waals surface area (Å²) in [6, 6.07) is -7.64. The largest absolute Gasteiger partial charge is 0.864 e. The normalized spacial score (nSPS) is 14.5. The second-order valence-corrected chi connectivity index (χ2v) is 26.0. The molecule has 0 saturated heterocycles. The molecular weight excluding hydrogens is 2010 g/mol. The van der Waals surface area contributed by atoms with Crippen LogP contribution in [0.15, 0.2) is 66.7 Å². The van der Waals surface area contributed by atoms with Gasteiger partial charge >= 0.3 is 85.6 Å². The Morgan fingerprint density at radius 3 is 0.911 bits per heavy atom. The Morgan fingerprint density at radius 2 is 0.585 bits per heavy atom. The summed E-state index contributed by atoms with van der Waals surface area (Å²) in [6.07, 6.45) is -74.8. The molecule has 0 aromatic heterocycles. The third-order valence-electron chi connectivity index (χ3n) is 17.2. The molecule has 2 atom stereocenters. The highest BCUT2D eigenvalue weighted by Crippen LogP contribution is 2.52. The van der Waals surface area contributed by atoms with Crippen molar-refractivity contribution >= 4 is 52.9 Å². The zero-order chi connectivity index (χ0) is 101. The molecule has 68 heteroatoms. The molecule has 2 unspecified atom stereocenters. The smallest absolute Gasteiger partial charge is 0.550 e. The monoisotopic (exact) mass is 2030 g/mol. The van der Waals surface area contributed by atoms with Gasteiger partial charge in [-0.1, -0.05) is 0 Å². The Kier molecular flexibility index (Phi) is 27.8. The van der Waals surface area contributed by atoms with Gasteiger partial charge in [0.25, 0.3) is 0 Å². The molecule has 0 amide bonds. The summed E-state index contributed by atoms with van der Waals surface area (Å²) >= 11 is 0. The van der Waals surface area contributed by atoms with Crippen LogP contribution in [0.3, 0.4) is 0 Å². The number of rotatable bonds is 25. The molecule has 135 heavy (non-hydrogen) atoms. The number of halogens is 48. The van der Waals surface area contributed by atoms with Gasteiger partial charge in [-0.15, -0.1) is 0 Å². The lowest BCUT2D eigenvalue weighted by Crippen LogP contribution is -2.55. The average molecular weight is 2030 g/mol. The number of ketones is 1. The van der Waals surface area contributed by atoms with Gasteiger partial charge in [0.2, 0.25) is 99.4 Å². The van der Waals surface area contributed by atoms with Gasteiger partial charge in [-0.05, 0) is 48.5 Å². The molecule has 724 valence electrons. The van der Waals surface area contributed by atoms with Crippen molar-refractivity contribution in [3.63, 3.8) is 0 Å². The van der Waals surface area contributed by atoms with Crippen LogP contribution >= 0.6 is 0 Å². The Bertz CT molecular complexity index is 5670. The second-order valence-electron chi connectivity index (χ2n) is 26.0. The van der Waals surface area contributed by atoms with Gasteiger partial charge in [0, 0.05) is 34.7 Å². The lowest BCUT2D eigenvalue weighted by Gasteiger charge is -2.35. The molecule has 0 fully saturated rings. The van der Waals surface area contributed by atoms with Gasteiger partial charge in [0.15, 0.2) is 93.4 Å². The summed E-state index contributed by atoms with van der Waals surface area (Å²) in [7, 11) is -17.9. The highest BCUT2D eigenvalue weighted by molar-refractivity contribution is 6.81. The first-order valence-corrected chi connectivity index (χ1v) is 33.8. The molecule has 0 N–H and O–H groups in total. The molecule has 0 aliphatic carbocycles. The van der Waals surface area contributed by atoms with E-state index in [0.717, 1.165) is 0 Å². The zero-order valence-electron chi connectivity index (χ0n) is 61.8. The number of hydrogen-bond acceptors (Lipinski definition) is 15. The van der Waals surface area contributed by atoms with Crippen LogP contribution in [0.2, 0.25) is 0 Å². The number of Topliss-reactive ketones (excluding diaryl/α,β-unsaturated/α-hetero) is 1. The summed E-state index contributed by atoms with van der Waals surface area (Å²) in [6.45, 7) is -4.76. The fourth-order valence-electron chi connectivity index (χ4n) is 11.4. The molecule has 0 bridgehead atoms. The molecule has 9 aromatic rings. The molecule has 0 spiro atoms. The maximum absolute atomic E-state index is 16.5. The Hall–Kier alpha value is -12.7. The maximum atomic E-state index is 16.5. The first kappa shape index (κ1) is 103. The van der Waals surface area contributed by atoms with Crippen molar-refractivity contribution in [2.24, 2.45) is 0 Å². The van der Waals surface area contributed by atoms with E-state index in [0.29, 0.717) is 0 Å². The molecule has 9 aromatic carbocycles. The van der Waals surface area contributed by atoms with Crippen LogP contribution < -0.4 is 62.2 Å². The lowest BCUT2D eigenvalue weighted by molar-refractivity contribution is -0.321. The van der Waals surface area contributed by atoms with Crippen LogP contribution in [-0.4, -0.2) is 85.0 Å². The highest BCUT2D eigenvalue weighted by Gasteiger charge is 2.65. The van der Waals surface area contributed by atoms with E-state index in [1.807, 2.05) is 0 Å². The molecule has 0 radical (unpaired) electrons. The van der Waals surface area contributed by atoms with E-state index < -0.39 is 430 Å². The molecule has 2 aliphatic heterocycles. The van der Waals surface area contributed by atoms with E-state index >= 15 is 66.3 Å². The van der Waals surface area contributed by atoms with Crippen molar-refractivity contribution in [3.05, 3.63) is 240 Å². The standard InChI is InChI=1S/C67H15B5F48O15/c73-27-25(28(74)32(78)35(81)31(27)77)68(26-29(75)33(79)36(82)34(80)30(26)76)127-23-11-19(126-69(124-17-5-12(60(97,98)99)3-13(6-17)61(100,101)102)125-18-7-14(62(103,104)105)4-15(8-18)63(106,107)108)10-22-24(23)51(121)57(133-72-131-55-49(95)43(89)44(90)50(96)56(55)132-72)52(122-22)20-2-1-16(9-21(20)128-71(134-58(64(109,110)111)65(112,113)114)135-59(66(115,116)117)67(118,119)120)123-70(129-53-45(91)39(85)37(83)40(86)46(53)92)130-54-47(93)41(87)38(84)42(88)48(54)94/h1-11,52,57-59H. The molecule has 2 aliphatic rings. The van der Waals surface area contributed by atoms with Gasteiger partial charge in [-0.2, -0.15) is 132 Å².